The van der Waals surface area contributed by atoms with E-state index >= 15 is 0 Å². The maximum Gasteiger partial charge on any atom is 0.212 e. The van der Waals surface area contributed by atoms with Crippen LogP contribution in [0.25, 0.3) is 22.4 Å². The predicted octanol–water partition coefficient (Wildman–Crippen LogP) is 3.76. The Balaban J connectivity index is 1.91. The number of rotatable bonds is 1. The fourth-order valence-corrected chi connectivity index (χ4v) is 3.44. The van der Waals surface area contributed by atoms with E-state index in [9.17, 15) is 0 Å². The van der Waals surface area contributed by atoms with Gasteiger partial charge in [0.15, 0.2) is 5.69 Å². The lowest BCUT2D eigenvalue weighted by Crippen LogP contribution is -2.36. The molecular weight excluding hydrogens is 268 g/mol. The molecule has 1 aliphatic carbocycles. The van der Waals surface area contributed by atoms with E-state index in [1.807, 2.05) is 0 Å². The van der Waals surface area contributed by atoms with Gasteiger partial charge in [0.05, 0.1) is 17.7 Å². The summed E-state index contributed by atoms with van der Waals surface area (Å²) in [4.78, 5) is 4.72. The molecule has 0 aliphatic heterocycles. The molecule has 22 heavy (non-hydrogen) atoms. The van der Waals surface area contributed by atoms with Gasteiger partial charge < -0.3 is 0 Å². The zero-order valence-corrected chi connectivity index (χ0v) is 13.2. The first-order chi connectivity index (χ1) is 10.6. The Hall–Kier alpha value is -2.48. The van der Waals surface area contributed by atoms with Crippen molar-refractivity contribution in [1.82, 2.24) is 4.98 Å². The molecule has 0 spiro atoms. The number of hydrogen-bond donors (Lipinski definition) is 0. The summed E-state index contributed by atoms with van der Waals surface area (Å²) in [5.41, 5.74) is 10.1. The zero-order valence-electron chi connectivity index (χ0n) is 13.2. The molecule has 2 heterocycles. The van der Waals surface area contributed by atoms with Crippen molar-refractivity contribution >= 4 is 0 Å². The molecule has 0 bridgehead atoms. The second kappa shape index (κ2) is 4.77. The molecule has 4 rings (SSSR count). The molecule has 0 atom stereocenters. The van der Waals surface area contributed by atoms with Gasteiger partial charge in [-0.15, -0.1) is 0 Å². The molecule has 108 valence electrons. The van der Waals surface area contributed by atoms with Crippen molar-refractivity contribution in [3.05, 3.63) is 71.2 Å². The van der Waals surface area contributed by atoms with E-state index in [0.29, 0.717) is 0 Å². The van der Waals surface area contributed by atoms with E-state index in [-0.39, 0.29) is 0 Å². The Bertz CT molecular complexity index is 894. The van der Waals surface area contributed by atoms with Crippen LogP contribution < -0.4 is 4.57 Å². The molecule has 2 aromatic heterocycles. The van der Waals surface area contributed by atoms with Crippen LogP contribution >= 0.6 is 0 Å². The van der Waals surface area contributed by atoms with E-state index in [4.69, 9.17) is 4.98 Å². The number of pyridine rings is 2. The average molecular weight is 287 g/mol. The summed E-state index contributed by atoms with van der Waals surface area (Å²) in [6, 6.07) is 17.4. The lowest BCUT2D eigenvalue weighted by atomic mass is 10.0. The highest BCUT2D eigenvalue weighted by atomic mass is 15.0. The van der Waals surface area contributed by atoms with Gasteiger partial charge in [-0.3, -0.25) is 4.98 Å². The van der Waals surface area contributed by atoms with Crippen molar-refractivity contribution in [2.24, 2.45) is 7.05 Å². The summed E-state index contributed by atoms with van der Waals surface area (Å²) in [5, 5.41) is 0. The highest BCUT2D eigenvalue weighted by Gasteiger charge is 2.29. The molecule has 0 N–H and O–H groups in total. The van der Waals surface area contributed by atoms with Gasteiger partial charge in [0.2, 0.25) is 5.69 Å². The highest BCUT2D eigenvalue weighted by molar-refractivity contribution is 5.74. The second-order valence-electron chi connectivity index (χ2n) is 6.08. The third-order valence-electron chi connectivity index (χ3n) is 4.64. The summed E-state index contributed by atoms with van der Waals surface area (Å²) in [5.74, 6) is 0. The molecule has 0 amide bonds. The van der Waals surface area contributed by atoms with Crippen molar-refractivity contribution in [1.29, 1.82) is 0 Å². The highest BCUT2D eigenvalue weighted by Crippen LogP contribution is 2.35. The van der Waals surface area contributed by atoms with Crippen molar-refractivity contribution in [2.75, 3.05) is 0 Å². The van der Waals surface area contributed by atoms with Crippen LogP contribution in [0.2, 0.25) is 0 Å². The van der Waals surface area contributed by atoms with Crippen LogP contribution in [-0.4, -0.2) is 4.98 Å². The van der Waals surface area contributed by atoms with Gasteiger partial charge in [-0.2, -0.15) is 4.57 Å². The Morgan fingerprint density at radius 3 is 2.45 bits per heavy atom. The summed E-state index contributed by atoms with van der Waals surface area (Å²) in [7, 11) is 2.17. The fraction of sp³-hybridized carbons (Fsp3) is 0.200. The minimum atomic E-state index is 0.919. The molecular formula is C20H19N2+. The summed E-state index contributed by atoms with van der Waals surface area (Å²) in [6.07, 6.45) is 0.919. The number of aryl methyl sites for hydroxylation is 2. The van der Waals surface area contributed by atoms with Crippen molar-refractivity contribution in [2.45, 2.75) is 20.3 Å². The number of aromatic nitrogens is 2. The first-order valence-electron chi connectivity index (χ1n) is 7.70. The van der Waals surface area contributed by atoms with Crippen LogP contribution in [0.1, 0.15) is 22.6 Å². The van der Waals surface area contributed by atoms with Crippen LogP contribution in [0.5, 0.6) is 0 Å². The summed E-state index contributed by atoms with van der Waals surface area (Å²) in [6.45, 7) is 4.23. The van der Waals surface area contributed by atoms with Crippen LogP contribution in [0, 0.1) is 13.8 Å². The number of hydrogen-bond acceptors (Lipinski definition) is 1. The first kappa shape index (κ1) is 13.2. The first-order valence-corrected chi connectivity index (χ1v) is 7.70. The van der Waals surface area contributed by atoms with Gasteiger partial charge in [-0.25, -0.2) is 0 Å². The number of benzene rings is 1. The fourth-order valence-electron chi connectivity index (χ4n) is 3.44. The Labute approximate surface area is 131 Å². The van der Waals surface area contributed by atoms with E-state index in [0.717, 1.165) is 12.1 Å². The maximum atomic E-state index is 4.72. The molecule has 0 saturated carbocycles. The van der Waals surface area contributed by atoms with E-state index in [2.05, 4.69) is 74.0 Å². The SMILES string of the molecule is Cc1ccc2c(n1)Cc1c-2ccc(-c2ccccc2C)[n+]1C. The summed E-state index contributed by atoms with van der Waals surface area (Å²) < 4.78 is 2.33. The standard InChI is InChI=1S/C20H19N2/c1-13-6-4-5-7-15(13)19-11-10-17-16-9-8-14(2)21-18(16)12-20(17)22(19)3/h4-11H,12H2,1-3H3/q+1. The lowest BCUT2D eigenvalue weighted by Gasteiger charge is -2.07. The van der Waals surface area contributed by atoms with Crippen LogP contribution in [-0.2, 0) is 13.5 Å². The Kier molecular flexibility index (Phi) is 2.86. The van der Waals surface area contributed by atoms with Crippen LogP contribution in [0.4, 0.5) is 0 Å². The number of fused-ring (bicyclic) bond motifs is 3. The third kappa shape index (κ3) is 1.87. The van der Waals surface area contributed by atoms with Crippen molar-refractivity contribution < 1.29 is 4.57 Å². The minimum Gasteiger partial charge on any atom is -0.257 e. The average Bonchev–Trinajstić information content (AvgIpc) is 2.87. The number of nitrogens with zero attached hydrogens (tertiary/aromatic N) is 2. The van der Waals surface area contributed by atoms with Gasteiger partial charge in [-0.05, 0) is 37.6 Å². The van der Waals surface area contributed by atoms with Gasteiger partial charge in [0.1, 0.15) is 7.05 Å². The maximum absolute atomic E-state index is 4.72. The topological polar surface area (TPSA) is 16.8 Å². The molecule has 0 unspecified atom stereocenters. The van der Waals surface area contributed by atoms with Crippen LogP contribution in [0.3, 0.4) is 0 Å². The zero-order chi connectivity index (χ0) is 15.3. The monoisotopic (exact) mass is 287 g/mol. The quantitative estimate of drug-likeness (QED) is 0.487. The van der Waals surface area contributed by atoms with Crippen molar-refractivity contribution in [3.8, 4) is 22.4 Å². The largest absolute Gasteiger partial charge is 0.257 e. The normalized spacial score (nSPS) is 12.1. The Morgan fingerprint density at radius 1 is 0.864 bits per heavy atom. The molecule has 1 aliphatic rings. The molecule has 2 nitrogen and oxygen atoms in total. The van der Waals surface area contributed by atoms with Crippen LogP contribution in [0.15, 0.2) is 48.5 Å². The molecule has 0 radical (unpaired) electrons. The molecule has 0 saturated heterocycles. The smallest absolute Gasteiger partial charge is 0.212 e. The van der Waals surface area contributed by atoms with E-state index in [1.54, 1.807) is 0 Å². The predicted molar refractivity (Wildman–Crippen MR) is 88.6 cm³/mol. The third-order valence-corrected chi connectivity index (χ3v) is 4.64. The second-order valence-corrected chi connectivity index (χ2v) is 6.08. The Morgan fingerprint density at radius 2 is 1.64 bits per heavy atom. The van der Waals surface area contributed by atoms with Gasteiger partial charge in [0.25, 0.3) is 0 Å². The minimum absolute atomic E-state index is 0.919. The van der Waals surface area contributed by atoms with E-state index in [1.165, 1.54) is 39.3 Å². The van der Waals surface area contributed by atoms with Gasteiger partial charge in [0, 0.05) is 22.9 Å². The van der Waals surface area contributed by atoms with Gasteiger partial charge >= 0.3 is 0 Å². The van der Waals surface area contributed by atoms with Crippen molar-refractivity contribution in [3.63, 3.8) is 0 Å². The van der Waals surface area contributed by atoms with Gasteiger partial charge in [-0.1, -0.05) is 24.3 Å². The van der Waals surface area contributed by atoms with E-state index < -0.39 is 0 Å². The lowest BCUT2D eigenvalue weighted by molar-refractivity contribution is -0.667. The summed E-state index contributed by atoms with van der Waals surface area (Å²) >= 11 is 0. The molecule has 2 heteroatoms. The molecule has 3 aromatic rings. The molecule has 0 fully saturated rings. The molecule has 1 aromatic carbocycles.